The largest absolute Gasteiger partial charge is 0.503 e. The molecule has 89 heavy (non-hydrogen) atoms. The van der Waals surface area contributed by atoms with Gasteiger partial charge < -0.3 is 67.3 Å². The number of aromatic hydroxyl groups is 1. The van der Waals surface area contributed by atoms with Crippen LogP contribution in [0.4, 0.5) is 0 Å². The second kappa shape index (κ2) is 34.0. The number of ketones is 1. The molecule has 0 saturated carbocycles. The van der Waals surface area contributed by atoms with Crippen molar-refractivity contribution in [2.24, 2.45) is 35.5 Å². The van der Waals surface area contributed by atoms with E-state index in [4.69, 9.17) is 56.8 Å². The van der Waals surface area contributed by atoms with E-state index in [-0.39, 0.29) is 54.7 Å². The minimum absolute atomic E-state index is 0.0195. The van der Waals surface area contributed by atoms with E-state index in [0.29, 0.717) is 11.1 Å². The molecule has 2 fully saturated rings. The normalized spacial score (nSPS) is 20.2. The van der Waals surface area contributed by atoms with Crippen LogP contribution in [0.5, 0.6) is 23.0 Å². The standard InChI is InChI=1S/C33H40N2O13.C29H33NO11/c1-18(2)29(37)46-17-45-27-24(42-6)12-14-34-25(27)28(36)35-23-16-44-32(40)22(13-15-43-31(39)21-10-8-7-9-11-21)26(20(5)47-33(23)41)48-30(38)19(3)4;1-16(2)26(33)41-25-17(3)40-28(35)19(14-21(31)23-24(32)22(37-4)10-12-30-23)15-39-29(36)20(25)11-13-38-27(34)18-8-6-5-7-9-18/h7-12,14,18-20,22-23,26H,13,15-17H2,1-6H3,(H,35,36);5-10,12,16-17,19-20,25,32H,11,13-15H2,1-4H3/t20-,22+,23-,26-;17-,19-,20+,25-/m00/s1. The summed E-state index contributed by atoms with van der Waals surface area (Å²) < 4.78 is 64.6. The van der Waals surface area contributed by atoms with Gasteiger partial charge in [0.2, 0.25) is 6.79 Å². The number of hydrogen-bond acceptors (Lipinski definition) is 26. The Kier molecular flexibility index (Phi) is 26.8. The number of carbonyl (C=O) groups is 11. The maximum absolute atomic E-state index is 13.4. The lowest BCUT2D eigenvalue weighted by Gasteiger charge is -2.29. The van der Waals surface area contributed by atoms with E-state index in [1.54, 1.807) is 102 Å². The van der Waals surface area contributed by atoms with Crippen LogP contribution in [0.15, 0.2) is 85.2 Å². The molecule has 27 nitrogen and oxygen atoms in total. The summed E-state index contributed by atoms with van der Waals surface area (Å²) in [6.07, 6.45) is -3.09. The van der Waals surface area contributed by atoms with Crippen LogP contribution in [0.3, 0.4) is 0 Å². The summed E-state index contributed by atoms with van der Waals surface area (Å²) in [6, 6.07) is 17.7. The third-order valence-corrected chi connectivity index (χ3v) is 13.4. The molecule has 0 spiro atoms. The van der Waals surface area contributed by atoms with Crippen LogP contribution in [-0.2, 0) is 76.2 Å². The Hall–Kier alpha value is -9.69. The summed E-state index contributed by atoms with van der Waals surface area (Å²) in [5, 5.41) is 12.7. The van der Waals surface area contributed by atoms with Crippen LogP contribution in [0.25, 0.3) is 0 Å². The van der Waals surface area contributed by atoms with Gasteiger partial charge >= 0.3 is 53.7 Å². The summed E-state index contributed by atoms with van der Waals surface area (Å²) in [5.74, 6) is -14.0. The van der Waals surface area contributed by atoms with Crippen molar-refractivity contribution < 1.29 is 115 Å². The second-order valence-electron chi connectivity index (χ2n) is 21.1. The number of benzene rings is 2. The van der Waals surface area contributed by atoms with Gasteiger partial charge in [0.15, 0.2) is 58.4 Å². The molecule has 2 aliphatic rings. The van der Waals surface area contributed by atoms with E-state index in [1.165, 1.54) is 52.6 Å². The molecule has 2 aromatic heterocycles. The van der Waals surface area contributed by atoms with Gasteiger partial charge in [-0.05, 0) is 51.0 Å². The van der Waals surface area contributed by atoms with Crippen molar-refractivity contribution in [2.75, 3.05) is 47.4 Å². The van der Waals surface area contributed by atoms with Gasteiger partial charge in [0, 0.05) is 30.9 Å². The Balaban J connectivity index is 0.000000328. The molecule has 0 radical (unpaired) electrons. The zero-order valence-electron chi connectivity index (χ0n) is 50.8. The van der Waals surface area contributed by atoms with Crippen LogP contribution in [0.2, 0.25) is 0 Å². The van der Waals surface area contributed by atoms with Crippen molar-refractivity contribution in [3.05, 3.63) is 108 Å². The van der Waals surface area contributed by atoms with Gasteiger partial charge in [-0.15, -0.1) is 0 Å². The monoisotopic (exact) mass is 1240 g/mol. The van der Waals surface area contributed by atoms with Gasteiger partial charge in [-0.3, -0.25) is 38.4 Å². The number of ether oxygens (including phenoxy) is 12. The summed E-state index contributed by atoms with van der Waals surface area (Å²) in [6.45, 7) is 10.3. The summed E-state index contributed by atoms with van der Waals surface area (Å²) >= 11 is 0. The third kappa shape index (κ3) is 20.2. The molecular weight excluding hydrogens is 1170 g/mol. The molecule has 480 valence electrons. The number of nitrogens with one attached hydrogen (secondary N) is 1. The van der Waals surface area contributed by atoms with E-state index in [2.05, 4.69) is 15.3 Å². The first-order valence-electron chi connectivity index (χ1n) is 28.3. The fourth-order valence-electron chi connectivity index (χ4n) is 8.43. The van der Waals surface area contributed by atoms with Crippen molar-refractivity contribution in [3.63, 3.8) is 0 Å². The van der Waals surface area contributed by atoms with Crippen molar-refractivity contribution in [1.29, 1.82) is 0 Å². The SMILES string of the molecule is COc1ccnc(C(=O)C[C@H]2COC(=O)[C@H](CCOC(=O)c3ccccc3)[C@@H](OC(=O)C(C)C)[C@H](C)OC2=O)c1O.COc1ccnc(C(=O)N[C@H]2COC(=O)[C@H](CCOC(=O)c3ccccc3)[C@@H](OC(=O)C(C)C)[C@H](C)OC2=O)c1OCOC(=O)C(C)C. The minimum Gasteiger partial charge on any atom is -0.503 e. The number of amides is 1. The number of nitrogens with zero attached hydrogens (tertiary/aromatic N) is 2. The first kappa shape index (κ1) is 70.1. The molecular formula is C62H73N3O24. The number of esters is 9. The summed E-state index contributed by atoms with van der Waals surface area (Å²) in [4.78, 5) is 149. The maximum atomic E-state index is 13.4. The Labute approximate surface area is 512 Å². The second-order valence-corrected chi connectivity index (χ2v) is 21.1. The van der Waals surface area contributed by atoms with Crippen LogP contribution >= 0.6 is 0 Å². The number of pyridine rings is 2. The topological polar surface area (TPSA) is 357 Å². The third-order valence-electron chi connectivity index (χ3n) is 13.4. The molecule has 6 rings (SSSR count). The molecule has 2 aliphatic heterocycles. The van der Waals surface area contributed by atoms with Crippen LogP contribution in [0.1, 0.15) is 116 Å². The summed E-state index contributed by atoms with van der Waals surface area (Å²) in [7, 11) is 2.63. The molecule has 2 saturated heterocycles. The Morgan fingerprint density at radius 2 is 1.04 bits per heavy atom. The molecule has 0 aliphatic carbocycles. The zero-order chi connectivity index (χ0) is 65.5. The minimum atomic E-state index is -1.53. The molecule has 4 aromatic rings. The predicted molar refractivity (Wildman–Crippen MR) is 305 cm³/mol. The van der Waals surface area contributed by atoms with Gasteiger partial charge in [0.25, 0.3) is 5.91 Å². The molecule has 8 atom stereocenters. The molecule has 2 N–H and O–H groups in total. The van der Waals surface area contributed by atoms with E-state index >= 15 is 0 Å². The number of hydrogen-bond donors (Lipinski definition) is 2. The Morgan fingerprint density at radius 1 is 0.584 bits per heavy atom. The van der Waals surface area contributed by atoms with E-state index in [1.807, 2.05) is 0 Å². The van der Waals surface area contributed by atoms with E-state index in [9.17, 15) is 57.8 Å². The first-order valence-corrected chi connectivity index (χ1v) is 28.3. The fraction of sp³-hybridized carbons (Fsp3) is 0.468. The molecule has 0 unspecified atom stereocenters. The Bertz CT molecular complexity index is 3130. The average molecular weight is 1240 g/mol. The zero-order valence-corrected chi connectivity index (χ0v) is 50.8. The van der Waals surface area contributed by atoms with Crippen molar-refractivity contribution >= 4 is 65.4 Å². The number of rotatable bonds is 23. The number of Topliss-reactive ketones (excluding diaryl/α,β-unsaturated/α-hetero) is 1. The number of methoxy groups -OCH3 is 2. The van der Waals surface area contributed by atoms with Crippen molar-refractivity contribution in [3.8, 4) is 23.0 Å². The highest BCUT2D eigenvalue weighted by molar-refractivity contribution is 6.00. The smallest absolute Gasteiger partial charge is 0.338 e. The molecule has 1 amide bonds. The maximum Gasteiger partial charge on any atom is 0.338 e. The molecule has 2 aromatic carbocycles. The highest BCUT2D eigenvalue weighted by Gasteiger charge is 2.44. The van der Waals surface area contributed by atoms with Crippen LogP contribution in [0, 0.1) is 35.5 Å². The molecule has 4 heterocycles. The number of aromatic nitrogens is 2. The predicted octanol–water partition coefficient (Wildman–Crippen LogP) is 5.55. The van der Waals surface area contributed by atoms with Crippen LogP contribution in [-0.4, -0.2) is 158 Å². The van der Waals surface area contributed by atoms with Gasteiger partial charge in [-0.2, -0.15) is 0 Å². The lowest BCUT2D eigenvalue weighted by molar-refractivity contribution is -0.177. The number of carbonyl (C=O) groups excluding carboxylic acids is 11. The fourth-order valence-corrected chi connectivity index (χ4v) is 8.43. The van der Waals surface area contributed by atoms with Gasteiger partial charge in [0.1, 0.15) is 37.3 Å². The van der Waals surface area contributed by atoms with Gasteiger partial charge in [-0.1, -0.05) is 77.9 Å². The van der Waals surface area contributed by atoms with Crippen molar-refractivity contribution in [1.82, 2.24) is 15.3 Å². The Morgan fingerprint density at radius 3 is 1.53 bits per heavy atom. The lowest BCUT2D eigenvalue weighted by atomic mass is 9.94. The quantitative estimate of drug-likeness (QED) is 0.0398. The van der Waals surface area contributed by atoms with Crippen LogP contribution < -0.4 is 19.5 Å². The average Bonchev–Trinajstić information content (AvgIpc) is 3.07. The lowest BCUT2D eigenvalue weighted by Crippen LogP contribution is -2.47. The number of cyclic esters (lactones) is 4. The van der Waals surface area contributed by atoms with E-state index in [0.717, 1.165) is 0 Å². The summed E-state index contributed by atoms with van der Waals surface area (Å²) in [5.41, 5.74) is -0.0327. The van der Waals surface area contributed by atoms with Crippen molar-refractivity contribution in [2.45, 2.75) is 105 Å². The van der Waals surface area contributed by atoms with E-state index < -0.39 is 164 Å². The van der Waals surface area contributed by atoms with Gasteiger partial charge in [-0.25, -0.2) is 24.4 Å². The molecule has 0 bridgehead atoms. The van der Waals surface area contributed by atoms with Gasteiger partial charge in [0.05, 0.1) is 62.2 Å². The highest BCUT2D eigenvalue weighted by atomic mass is 16.7. The molecule has 27 heteroatoms. The highest BCUT2D eigenvalue weighted by Crippen LogP contribution is 2.33. The first-order chi connectivity index (χ1) is 42.4.